The van der Waals surface area contributed by atoms with Crippen molar-refractivity contribution in [2.45, 2.75) is 32.6 Å². The lowest BCUT2D eigenvalue weighted by atomic mass is 10.1. The van der Waals surface area contributed by atoms with Crippen LogP contribution in [0.4, 0.5) is 5.69 Å². The zero-order valence-corrected chi connectivity index (χ0v) is 39.4. The summed E-state index contributed by atoms with van der Waals surface area (Å²) in [5.74, 6) is -1.52. The second-order valence-corrected chi connectivity index (χ2v) is 14.6. The number of carbonyl (C=O) groups is 5. The van der Waals surface area contributed by atoms with Crippen LogP contribution in [0.2, 0.25) is 0 Å². The third-order valence-corrected chi connectivity index (χ3v) is 9.21. The Morgan fingerprint density at radius 1 is 0.647 bits per heavy atom. The fraction of sp³-hybridized carbons (Fsp3) is 0.667. The summed E-state index contributed by atoms with van der Waals surface area (Å²) in [6, 6.07) is 1.78. The third kappa shape index (κ3) is 27.3. The molecule has 0 radical (unpaired) electrons. The average Bonchev–Trinajstić information content (AvgIpc) is 3.53. The molecule has 0 fully saturated rings. The highest BCUT2D eigenvalue weighted by molar-refractivity contribution is 6.14. The molecule has 0 aromatic carbocycles. The number of rotatable bonds is 43. The maximum Gasteiger partial charge on any atom is 0.273 e. The summed E-state index contributed by atoms with van der Waals surface area (Å²) in [5.41, 5.74) is 7.89. The van der Waals surface area contributed by atoms with Crippen molar-refractivity contribution in [2.75, 3.05) is 165 Å². The quantitative estimate of drug-likeness (QED) is 0.0446. The second-order valence-electron chi connectivity index (χ2n) is 14.6. The summed E-state index contributed by atoms with van der Waals surface area (Å²) in [6.07, 6.45) is 8.86. The molecule has 5 amide bonds. The Bertz CT molecular complexity index is 1680. The number of nitrogens with one attached hydrogen (secondary N) is 2. The van der Waals surface area contributed by atoms with Gasteiger partial charge in [-0.15, -0.1) is 0 Å². The van der Waals surface area contributed by atoms with E-state index < -0.39 is 17.7 Å². The maximum absolute atomic E-state index is 13.3. The van der Waals surface area contributed by atoms with Crippen molar-refractivity contribution in [2.24, 2.45) is 10.7 Å². The second kappa shape index (κ2) is 38.1. The van der Waals surface area contributed by atoms with E-state index in [9.17, 15) is 24.0 Å². The number of ether oxygens (including phenoxy) is 10. The summed E-state index contributed by atoms with van der Waals surface area (Å²) in [4.78, 5) is 75.3. The van der Waals surface area contributed by atoms with Gasteiger partial charge in [0.25, 0.3) is 17.7 Å². The number of hydroxylamine groups is 2. The summed E-state index contributed by atoms with van der Waals surface area (Å²) in [6.45, 7) is 11.2. The van der Waals surface area contributed by atoms with E-state index in [1.54, 1.807) is 24.5 Å². The monoisotopic (exact) mass is 965 g/mol. The van der Waals surface area contributed by atoms with Gasteiger partial charge in [0, 0.05) is 62.0 Å². The first kappa shape index (κ1) is 57.5. The number of hydrogen-bond acceptors (Lipinski definition) is 19. The zero-order valence-electron chi connectivity index (χ0n) is 39.4. The predicted octanol–water partition coefficient (Wildman–Crippen LogP) is 0.131. The van der Waals surface area contributed by atoms with E-state index in [0.29, 0.717) is 169 Å². The number of aromatic nitrogens is 1. The van der Waals surface area contributed by atoms with Gasteiger partial charge >= 0.3 is 0 Å². The Labute approximate surface area is 398 Å². The molecular weight excluding hydrogens is 895 g/mol. The number of fused-ring (bicyclic) bond motifs is 1. The molecule has 3 rings (SSSR count). The van der Waals surface area contributed by atoms with Gasteiger partial charge in [0.1, 0.15) is 12.4 Å². The predicted molar refractivity (Wildman–Crippen MR) is 245 cm³/mol. The molecule has 3 heterocycles. The molecular formula is C45H71N7O16. The fourth-order valence-electron chi connectivity index (χ4n) is 5.85. The van der Waals surface area contributed by atoms with Gasteiger partial charge in [0.05, 0.1) is 151 Å². The molecule has 1 aromatic rings. The first-order chi connectivity index (χ1) is 33.3. The molecule has 1 aromatic heterocycles. The Morgan fingerprint density at radius 2 is 1.09 bits per heavy atom. The normalized spacial score (nSPS) is 13.3. The van der Waals surface area contributed by atoms with Crippen molar-refractivity contribution < 1.29 is 76.2 Å². The summed E-state index contributed by atoms with van der Waals surface area (Å²) in [7, 11) is 0. The SMILES string of the molecule is CCCN(OCCCC(=O)NCCOCCOCCOCCOCCOCCOCCOCCOCCOCCOCCNC(=O)CN1C(=O)C=CC1=O)C(=O)C1=Cc2ccncc2N=C(N)C1. The smallest absolute Gasteiger partial charge is 0.273 e. The maximum atomic E-state index is 13.3. The van der Waals surface area contributed by atoms with Crippen LogP contribution in [0, 0.1) is 0 Å². The number of nitrogens with two attached hydrogens (primary N) is 1. The van der Waals surface area contributed by atoms with E-state index in [1.807, 2.05) is 6.92 Å². The highest BCUT2D eigenvalue weighted by atomic mass is 16.7. The highest BCUT2D eigenvalue weighted by Crippen LogP contribution is 2.26. The lowest BCUT2D eigenvalue weighted by Crippen LogP contribution is -2.41. The van der Waals surface area contributed by atoms with Crippen molar-refractivity contribution in [3.05, 3.63) is 41.7 Å². The molecule has 23 heteroatoms. The number of amides is 5. The van der Waals surface area contributed by atoms with Gasteiger partial charge in [0.15, 0.2) is 0 Å². The van der Waals surface area contributed by atoms with Gasteiger partial charge in [-0.1, -0.05) is 6.92 Å². The molecule has 0 aliphatic carbocycles. The molecule has 0 saturated heterocycles. The van der Waals surface area contributed by atoms with E-state index in [4.69, 9.17) is 57.9 Å². The lowest BCUT2D eigenvalue weighted by Gasteiger charge is -2.22. The van der Waals surface area contributed by atoms with E-state index in [2.05, 4.69) is 20.6 Å². The van der Waals surface area contributed by atoms with Crippen LogP contribution in [0.5, 0.6) is 0 Å². The Balaban J connectivity index is 0.958. The van der Waals surface area contributed by atoms with Gasteiger partial charge in [-0.25, -0.2) is 10.1 Å². The highest BCUT2D eigenvalue weighted by Gasteiger charge is 2.25. The van der Waals surface area contributed by atoms with Crippen LogP contribution >= 0.6 is 0 Å². The van der Waals surface area contributed by atoms with Crippen LogP contribution in [0.3, 0.4) is 0 Å². The number of nitrogens with zero attached hydrogens (tertiary/aromatic N) is 4. The Hall–Kier alpha value is -4.79. The largest absolute Gasteiger partial charge is 0.387 e. The van der Waals surface area contributed by atoms with E-state index >= 15 is 0 Å². The molecule has 0 saturated carbocycles. The molecule has 0 atom stereocenters. The Morgan fingerprint density at radius 3 is 1.54 bits per heavy atom. The lowest BCUT2D eigenvalue weighted by molar-refractivity contribution is -0.182. The summed E-state index contributed by atoms with van der Waals surface area (Å²) in [5, 5.41) is 6.74. The molecule has 0 spiro atoms. The first-order valence-corrected chi connectivity index (χ1v) is 23.0. The molecule has 68 heavy (non-hydrogen) atoms. The summed E-state index contributed by atoms with van der Waals surface area (Å²) < 4.78 is 54.8. The number of hydrogen-bond donors (Lipinski definition) is 3. The number of carbonyl (C=O) groups excluding carboxylic acids is 5. The first-order valence-electron chi connectivity index (χ1n) is 23.0. The van der Waals surface area contributed by atoms with Crippen LogP contribution in [-0.2, 0) is 76.2 Å². The zero-order chi connectivity index (χ0) is 48.7. The van der Waals surface area contributed by atoms with Crippen LogP contribution < -0.4 is 16.4 Å². The molecule has 0 bridgehead atoms. The van der Waals surface area contributed by atoms with Crippen molar-refractivity contribution in [3.63, 3.8) is 0 Å². The van der Waals surface area contributed by atoms with E-state index in [1.165, 1.54) is 5.06 Å². The fourth-order valence-corrected chi connectivity index (χ4v) is 5.85. The number of amidine groups is 1. The van der Waals surface area contributed by atoms with E-state index in [0.717, 1.165) is 22.6 Å². The number of imide groups is 1. The summed E-state index contributed by atoms with van der Waals surface area (Å²) >= 11 is 0. The molecule has 4 N–H and O–H groups in total. The molecule has 2 aliphatic heterocycles. The Kier molecular flexibility index (Phi) is 32.2. The third-order valence-electron chi connectivity index (χ3n) is 9.21. The molecule has 2 aliphatic rings. The number of pyridine rings is 1. The minimum atomic E-state index is -0.498. The minimum absolute atomic E-state index is 0.128. The van der Waals surface area contributed by atoms with Crippen molar-refractivity contribution in [3.8, 4) is 0 Å². The van der Waals surface area contributed by atoms with Gasteiger partial charge in [-0.3, -0.25) is 38.7 Å². The molecule has 0 unspecified atom stereocenters. The van der Waals surface area contributed by atoms with Gasteiger partial charge in [-0.2, -0.15) is 0 Å². The van der Waals surface area contributed by atoms with E-state index in [-0.39, 0.29) is 51.0 Å². The molecule has 382 valence electrons. The average molecular weight is 966 g/mol. The minimum Gasteiger partial charge on any atom is -0.387 e. The standard InChI is InChI=1S/C45H71N7O16/c1-2-11-52(45(57)38-33-37-7-8-47-35-39(37)50-40(46)34-38)68-12-3-4-41(53)48-9-13-58-15-17-60-19-21-62-23-25-64-27-29-66-31-32-67-30-28-65-26-24-63-22-20-61-18-16-59-14-10-49-42(54)36-51-43(55)5-6-44(51)56/h5-8,33,35H,2-4,9-32,34,36H2,1H3,(H2,46,50)(H,48,53)(H,49,54). The van der Waals surface area contributed by atoms with Gasteiger partial charge < -0.3 is 63.7 Å². The van der Waals surface area contributed by atoms with Gasteiger partial charge in [-0.05, 0) is 25.0 Å². The van der Waals surface area contributed by atoms with Crippen LogP contribution in [0.1, 0.15) is 38.2 Å². The van der Waals surface area contributed by atoms with Crippen LogP contribution in [0.25, 0.3) is 6.08 Å². The van der Waals surface area contributed by atoms with Crippen molar-refractivity contribution in [1.82, 2.24) is 25.6 Å². The van der Waals surface area contributed by atoms with Gasteiger partial charge in [0.2, 0.25) is 11.8 Å². The topological polar surface area (TPSA) is 269 Å². The number of aliphatic imine (C=N–C) groups is 1. The molecule has 23 nitrogen and oxygen atoms in total. The van der Waals surface area contributed by atoms with Crippen LogP contribution in [-0.4, -0.2) is 215 Å². The van der Waals surface area contributed by atoms with Crippen molar-refractivity contribution >= 4 is 47.1 Å². The van der Waals surface area contributed by atoms with Crippen LogP contribution in [0.15, 0.2) is 41.2 Å². The van der Waals surface area contributed by atoms with Crippen molar-refractivity contribution in [1.29, 1.82) is 0 Å².